The lowest BCUT2D eigenvalue weighted by molar-refractivity contribution is 0.0709. The van der Waals surface area contributed by atoms with Crippen LogP contribution in [0.1, 0.15) is 40.8 Å². The van der Waals surface area contributed by atoms with Crippen LogP contribution in [0.3, 0.4) is 0 Å². The van der Waals surface area contributed by atoms with Crippen LogP contribution in [-0.2, 0) is 13.1 Å². The first kappa shape index (κ1) is 19.2. The Morgan fingerprint density at radius 3 is 2.61 bits per heavy atom. The Kier molecular flexibility index (Phi) is 6.07. The van der Waals surface area contributed by atoms with Gasteiger partial charge in [-0.1, -0.05) is 25.1 Å². The van der Waals surface area contributed by atoms with Gasteiger partial charge >= 0.3 is 0 Å². The van der Waals surface area contributed by atoms with E-state index in [-0.39, 0.29) is 23.8 Å². The third kappa shape index (κ3) is 4.57. The number of carbonyl (C=O) groups is 1. The highest BCUT2D eigenvalue weighted by molar-refractivity contribution is 5.91. The molecule has 0 aliphatic rings. The van der Waals surface area contributed by atoms with Gasteiger partial charge in [0.25, 0.3) is 11.5 Å². The average Bonchev–Trinajstić information content (AvgIpc) is 3.18. The first-order chi connectivity index (χ1) is 13.6. The standard InChI is InChI=1S/C22H21N3O3/c1-2-12-25(15-18-8-6-17(14-23)7-9-18)22(27)20-11-10-19(28-20)16-24-13-4-3-5-21(24)26/h3-11,13H,2,12,15-16H2,1H3. The smallest absolute Gasteiger partial charge is 0.289 e. The first-order valence-corrected chi connectivity index (χ1v) is 9.13. The van der Waals surface area contributed by atoms with Crippen LogP contribution in [-0.4, -0.2) is 21.9 Å². The van der Waals surface area contributed by atoms with Gasteiger partial charge in [0.2, 0.25) is 0 Å². The van der Waals surface area contributed by atoms with Crippen molar-refractivity contribution in [2.75, 3.05) is 6.54 Å². The van der Waals surface area contributed by atoms with E-state index in [9.17, 15) is 9.59 Å². The number of hydrogen-bond donors (Lipinski definition) is 0. The van der Waals surface area contributed by atoms with Crippen LogP contribution in [0.4, 0.5) is 0 Å². The molecular formula is C22H21N3O3. The highest BCUT2D eigenvalue weighted by atomic mass is 16.4. The van der Waals surface area contributed by atoms with Gasteiger partial charge in [0.15, 0.2) is 5.76 Å². The first-order valence-electron chi connectivity index (χ1n) is 9.13. The zero-order chi connectivity index (χ0) is 19.9. The van der Waals surface area contributed by atoms with E-state index in [1.807, 2.05) is 19.1 Å². The molecule has 3 aromatic rings. The summed E-state index contributed by atoms with van der Waals surface area (Å²) in [5.41, 5.74) is 1.41. The zero-order valence-corrected chi connectivity index (χ0v) is 15.7. The van der Waals surface area contributed by atoms with Gasteiger partial charge in [0.1, 0.15) is 5.76 Å². The Bertz CT molecular complexity index is 1040. The maximum absolute atomic E-state index is 12.9. The van der Waals surface area contributed by atoms with E-state index in [4.69, 9.17) is 9.68 Å². The van der Waals surface area contributed by atoms with Crippen molar-refractivity contribution in [3.8, 4) is 6.07 Å². The summed E-state index contributed by atoms with van der Waals surface area (Å²) in [6.45, 7) is 3.31. The van der Waals surface area contributed by atoms with E-state index in [1.54, 1.807) is 47.5 Å². The van der Waals surface area contributed by atoms with Gasteiger partial charge in [-0.15, -0.1) is 0 Å². The van der Waals surface area contributed by atoms with E-state index < -0.39 is 0 Å². The molecule has 0 bridgehead atoms. The molecule has 0 aliphatic heterocycles. The Balaban J connectivity index is 1.74. The van der Waals surface area contributed by atoms with Crippen molar-refractivity contribution in [1.29, 1.82) is 5.26 Å². The summed E-state index contributed by atoms with van der Waals surface area (Å²) in [7, 11) is 0. The summed E-state index contributed by atoms with van der Waals surface area (Å²) in [6, 6.07) is 17.6. The molecule has 1 aromatic carbocycles. The maximum atomic E-state index is 12.9. The fraction of sp³-hybridized carbons (Fsp3) is 0.227. The van der Waals surface area contributed by atoms with Crippen molar-refractivity contribution in [2.24, 2.45) is 0 Å². The lowest BCUT2D eigenvalue weighted by Gasteiger charge is -2.21. The molecule has 0 fully saturated rings. The lowest BCUT2D eigenvalue weighted by Crippen LogP contribution is -2.31. The van der Waals surface area contributed by atoms with Crippen LogP contribution in [0.15, 0.2) is 70.0 Å². The Morgan fingerprint density at radius 1 is 1.14 bits per heavy atom. The highest BCUT2D eigenvalue weighted by Crippen LogP contribution is 2.15. The zero-order valence-electron chi connectivity index (χ0n) is 15.7. The Morgan fingerprint density at radius 2 is 1.93 bits per heavy atom. The molecule has 2 heterocycles. The van der Waals surface area contributed by atoms with Crippen molar-refractivity contribution >= 4 is 5.91 Å². The number of rotatable bonds is 7. The van der Waals surface area contributed by atoms with Crippen LogP contribution in [0.2, 0.25) is 0 Å². The number of furan rings is 1. The molecule has 0 unspecified atom stereocenters. The Labute approximate surface area is 163 Å². The fourth-order valence-corrected chi connectivity index (χ4v) is 2.92. The second-order valence-corrected chi connectivity index (χ2v) is 6.47. The van der Waals surface area contributed by atoms with E-state index in [0.717, 1.165) is 12.0 Å². The third-order valence-electron chi connectivity index (χ3n) is 4.33. The number of carbonyl (C=O) groups excluding carboxylic acids is 1. The molecule has 0 saturated heterocycles. The number of pyridine rings is 1. The van der Waals surface area contributed by atoms with Gasteiger partial charge < -0.3 is 13.9 Å². The molecule has 2 aromatic heterocycles. The molecule has 28 heavy (non-hydrogen) atoms. The van der Waals surface area contributed by atoms with Crippen molar-refractivity contribution < 1.29 is 9.21 Å². The van der Waals surface area contributed by atoms with Crippen LogP contribution in [0.25, 0.3) is 0 Å². The van der Waals surface area contributed by atoms with Crippen molar-refractivity contribution in [2.45, 2.75) is 26.4 Å². The van der Waals surface area contributed by atoms with Crippen LogP contribution < -0.4 is 5.56 Å². The molecule has 1 amide bonds. The largest absolute Gasteiger partial charge is 0.454 e. The van der Waals surface area contributed by atoms with Gasteiger partial charge in [-0.25, -0.2) is 0 Å². The summed E-state index contributed by atoms with van der Waals surface area (Å²) in [4.78, 5) is 26.5. The molecule has 6 nitrogen and oxygen atoms in total. The molecule has 0 radical (unpaired) electrons. The van der Waals surface area contributed by atoms with E-state index in [1.165, 1.54) is 10.6 Å². The second-order valence-electron chi connectivity index (χ2n) is 6.47. The summed E-state index contributed by atoms with van der Waals surface area (Å²) in [6.07, 6.45) is 2.50. The second kappa shape index (κ2) is 8.87. The average molecular weight is 375 g/mol. The summed E-state index contributed by atoms with van der Waals surface area (Å²) in [5.74, 6) is 0.602. The van der Waals surface area contributed by atoms with Crippen LogP contribution >= 0.6 is 0 Å². The number of aromatic nitrogens is 1. The summed E-state index contributed by atoms with van der Waals surface area (Å²) < 4.78 is 7.23. The van der Waals surface area contributed by atoms with Crippen molar-refractivity contribution in [3.05, 3.63) is 93.8 Å². The van der Waals surface area contributed by atoms with Gasteiger partial charge in [0.05, 0.1) is 18.2 Å². The molecule has 0 aliphatic carbocycles. The Hall–Kier alpha value is -3.59. The highest BCUT2D eigenvalue weighted by Gasteiger charge is 2.19. The van der Waals surface area contributed by atoms with Crippen LogP contribution in [0.5, 0.6) is 0 Å². The number of benzene rings is 1. The summed E-state index contributed by atoms with van der Waals surface area (Å²) in [5, 5.41) is 8.91. The third-order valence-corrected chi connectivity index (χ3v) is 4.33. The van der Waals surface area contributed by atoms with Gasteiger partial charge in [-0.3, -0.25) is 9.59 Å². The van der Waals surface area contributed by atoms with Gasteiger partial charge in [-0.2, -0.15) is 5.26 Å². The monoisotopic (exact) mass is 375 g/mol. The predicted octanol–water partition coefficient (Wildman–Crippen LogP) is 3.41. The number of nitrogens with zero attached hydrogens (tertiary/aromatic N) is 3. The van der Waals surface area contributed by atoms with Crippen molar-refractivity contribution in [3.63, 3.8) is 0 Å². The lowest BCUT2D eigenvalue weighted by atomic mass is 10.1. The van der Waals surface area contributed by atoms with Crippen molar-refractivity contribution in [1.82, 2.24) is 9.47 Å². The SMILES string of the molecule is CCCN(Cc1ccc(C#N)cc1)C(=O)c1ccc(Cn2ccccc2=O)o1. The van der Waals surface area contributed by atoms with E-state index in [0.29, 0.717) is 24.4 Å². The number of amides is 1. The fourth-order valence-electron chi connectivity index (χ4n) is 2.92. The van der Waals surface area contributed by atoms with E-state index >= 15 is 0 Å². The van der Waals surface area contributed by atoms with Gasteiger partial charge in [-0.05, 0) is 42.3 Å². The molecular weight excluding hydrogens is 354 g/mol. The normalized spacial score (nSPS) is 10.4. The molecule has 0 N–H and O–H groups in total. The topological polar surface area (TPSA) is 79.2 Å². The molecule has 0 atom stereocenters. The minimum atomic E-state index is -0.196. The molecule has 3 rings (SSSR count). The maximum Gasteiger partial charge on any atom is 0.289 e. The number of nitriles is 1. The number of hydrogen-bond acceptors (Lipinski definition) is 4. The quantitative estimate of drug-likeness (QED) is 0.634. The van der Waals surface area contributed by atoms with E-state index in [2.05, 4.69) is 6.07 Å². The molecule has 0 saturated carbocycles. The summed E-state index contributed by atoms with van der Waals surface area (Å²) >= 11 is 0. The van der Waals surface area contributed by atoms with Gasteiger partial charge in [0, 0.05) is 25.4 Å². The minimum absolute atomic E-state index is 0.125. The minimum Gasteiger partial charge on any atom is -0.454 e. The predicted molar refractivity (Wildman–Crippen MR) is 105 cm³/mol. The molecule has 0 spiro atoms. The van der Waals surface area contributed by atoms with Crippen LogP contribution in [0, 0.1) is 11.3 Å². The molecule has 142 valence electrons. The molecule has 6 heteroatoms.